The van der Waals surface area contributed by atoms with Crippen molar-refractivity contribution >= 4 is 11.8 Å². The molecule has 0 radical (unpaired) electrons. The van der Waals surface area contributed by atoms with Crippen LogP contribution in [0.3, 0.4) is 0 Å². The molecule has 3 atom stereocenters. The molecule has 0 saturated heterocycles. The molecule has 2 aliphatic carbocycles. The molecule has 2 heterocycles. The molecule has 1 saturated carbocycles. The van der Waals surface area contributed by atoms with Gasteiger partial charge in [-0.3, -0.25) is 19.3 Å². The Kier molecular flexibility index (Phi) is 7.17. The van der Waals surface area contributed by atoms with E-state index in [1.165, 1.54) is 30.5 Å². The van der Waals surface area contributed by atoms with Crippen LogP contribution < -0.4 is 11.1 Å². The molecule has 7 nitrogen and oxygen atoms in total. The number of carbonyl (C=O) groups excluding carboxylic acids is 2. The number of carbonyl (C=O) groups is 2. The van der Waals surface area contributed by atoms with Gasteiger partial charge in [-0.25, -0.2) is 22.0 Å². The topological polar surface area (TPSA) is 103 Å². The number of nitrogens with two attached hydrogens (primary N) is 1. The average molecular weight is 618 g/mol. The molecule has 228 valence electrons. The Labute approximate surface area is 244 Å². The average Bonchev–Trinajstić information content (AvgIpc) is 3.61. The van der Waals surface area contributed by atoms with Crippen LogP contribution in [0.5, 0.6) is 0 Å². The van der Waals surface area contributed by atoms with E-state index in [1.807, 2.05) is 0 Å². The number of fused-ring (bicyclic) bond motifs is 3. The second-order valence-electron chi connectivity index (χ2n) is 10.8. The van der Waals surface area contributed by atoms with Crippen molar-refractivity contribution in [1.82, 2.24) is 20.1 Å². The van der Waals surface area contributed by atoms with E-state index in [1.54, 1.807) is 0 Å². The Balaban J connectivity index is 1.37. The highest BCUT2D eigenvalue weighted by atomic mass is 19.3. The van der Waals surface area contributed by atoms with Crippen molar-refractivity contribution in [2.24, 2.45) is 11.7 Å². The molecule has 0 unspecified atom stereocenters. The van der Waals surface area contributed by atoms with Crippen molar-refractivity contribution in [3.8, 4) is 11.1 Å². The monoisotopic (exact) mass is 617 g/mol. The lowest BCUT2D eigenvalue weighted by atomic mass is 9.94. The molecule has 4 aromatic rings. The van der Waals surface area contributed by atoms with Gasteiger partial charge in [-0.2, -0.15) is 13.9 Å². The third-order valence-electron chi connectivity index (χ3n) is 7.87. The van der Waals surface area contributed by atoms with E-state index < -0.39 is 83.0 Å². The number of pyridine rings is 1. The first kappa shape index (κ1) is 29.3. The van der Waals surface area contributed by atoms with Crippen LogP contribution in [-0.4, -0.2) is 26.6 Å². The number of primary amides is 1. The highest BCUT2D eigenvalue weighted by Crippen LogP contribution is 2.68. The number of hydrogen-bond donors (Lipinski definition) is 2. The van der Waals surface area contributed by atoms with Crippen molar-refractivity contribution in [1.29, 1.82) is 0 Å². The SMILES string of the molecule is NC(=O)c1cc(-c2cccnc2[C@H](Cc2cc(F)cc(F)c2)NC(=O)Cn2nc(C(F)F)c3c2C(F)(F)[C@@H]2C[C@H]32)ccc1F. The van der Waals surface area contributed by atoms with E-state index in [0.717, 1.165) is 18.2 Å². The summed E-state index contributed by atoms with van der Waals surface area (Å²) in [5, 5.41) is 6.26. The number of alkyl halides is 4. The molecule has 0 aliphatic heterocycles. The fraction of sp³-hybridized carbons (Fsp3) is 0.267. The highest BCUT2D eigenvalue weighted by Gasteiger charge is 2.67. The number of rotatable bonds is 9. The summed E-state index contributed by atoms with van der Waals surface area (Å²) in [7, 11) is 0. The third-order valence-corrected chi connectivity index (χ3v) is 7.87. The Hall–Kier alpha value is -4.75. The Morgan fingerprint density at radius 1 is 1.05 bits per heavy atom. The van der Waals surface area contributed by atoms with Gasteiger partial charge < -0.3 is 11.1 Å². The lowest BCUT2D eigenvalue weighted by molar-refractivity contribution is -0.123. The van der Waals surface area contributed by atoms with Crippen LogP contribution in [0.2, 0.25) is 0 Å². The molecule has 0 spiro atoms. The number of nitrogens with one attached hydrogen (secondary N) is 1. The van der Waals surface area contributed by atoms with E-state index in [4.69, 9.17) is 5.73 Å². The molecule has 0 bridgehead atoms. The van der Waals surface area contributed by atoms with Gasteiger partial charge in [0, 0.05) is 29.3 Å². The maximum Gasteiger partial charge on any atom is 0.293 e. The molecular formula is C30H22F7N5O2. The van der Waals surface area contributed by atoms with E-state index in [0.29, 0.717) is 10.7 Å². The minimum atomic E-state index is -3.45. The van der Waals surface area contributed by atoms with Crippen molar-refractivity contribution in [3.05, 3.63) is 106 Å². The zero-order valence-electron chi connectivity index (χ0n) is 22.5. The van der Waals surface area contributed by atoms with Crippen LogP contribution in [0, 0.1) is 23.4 Å². The number of halogens is 7. The lowest BCUT2D eigenvalue weighted by Gasteiger charge is -2.22. The molecule has 2 aromatic heterocycles. The van der Waals surface area contributed by atoms with Gasteiger partial charge in [0.2, 0.25) is 5.91 Å². The molecule has 2 amide bonds. The fourth-order valence-electron chi connectivity index (χ4n) is 5.95. The first-order valence-electron chi connectivity index (χ1n) is 13.4. The summed E-state index contributed by atoms with van der Waals surface area (Å²) in [5.41, 5.74) is 3.85. The molecule has 2 aromatic carbocycles. The summed E-state index contributed by atoms with van der Waals surface area (Å²) in [4.78, 5) is 29.4. The van der Waals surface area contributed by atoms with Crippen molar-refractivity contribution < 1.29 is 40.3 Å². The van der Waals surface area contributed by atoms with Gasteiger partial charge in [-0.05, 0) is 60.2 Å². The van der Waals surface area contributed by atoms with Gasteiger partial charge >= 0.3 is 0 Å². The second-order valence-corrected chi connectivity index (χ2v) is 10.8. The maximum absolute atomic E-state index is 15.0. The summed E-state index contributed by atoms with van der Waals surface area (Å²) in [6.45, 7) is -0.858. The van der Waals surface area contributed by atoms with E-state index in [-0.39, 0.29) is 40.8 Å². The van der Waals surface area contributed by atoms with Crippen molar-refractivity contribution in [2.75, 3.05) is 0 Å². The van der Waals surface area contributed by atoms with Crippen LogP contribution in [0.1, 0.15) is 63.4 Å². The minimum Gasteiger partial charge on any atom is -0.366 e. The van der Waals surface area contributed by atoms with Gasteiger partial charge in [0.05, 0.1) is 17.3 Å². The largest absolute Gasteiger partial charge is 0.366 e. The number of aromatic nitrogens is 3. The molecule has 6 rings (SSSR count). The molecule has 14 heteroatoms. The Bertz CT molecular complexity index is 1790. The van der Waals surface area contributed by atoms with Crippen LogP contribution in [-0.2, 0) is 23.7 Å². The van der Waals surface area contributed by atoms with E-state index in [9.17, 15) is 31.5 Å². The van der Waals surface area contributed by atoms with Gasteiger partial charge in [-0.15, -0.1) is 0 Å². The molecule has 44 heavy (non-hydrogen) atoms. The van der Waals surface area contributed by atoms with Gasteiger partial charge in [0.25, 0.3) is 18.3 Å². The van der Waals surface area contributed by atoms with Crippen LogP contribution in [0.15, 0.2) is 54.7 Å². The minimum absolute atomic E-state index is 0.0488. The highest BCUT2D eigenvalue weighted by molar-refractivity contribution is 5.94. The maximum atomic E-state index is 15.0. The van der Waals surface area contributed by atoms with Crippen LogP contribution >= 0.6 is 0 Å². The van der Waals surface area contributed by atoms with Crippen LogP contribution in [0.25, 0.3) is 11.1 Å². The van der Waals surface area contributed by atoms with Gasteiger partial charge in [0.15, 0.2) is 0 Å². The Morgan fingerprint density at radius 3 is 2.45 bits per heavy atom. The number of hydrogen-bond acceptors (Lipinski definition) is 4. The number of amides is 2. The zero-order chi connectivity index (χ0) is 31.5. The fourth-order valence-corrected chi connectivity index (χ4v) is 5.95. The summed E-state index contributed by atoms with van der Waals surface area (Å²) in [6, 6.07) is 8.08. The smallest absolute Gasteiger partial charge is 0.293 e. The molecule has 1 fully saturated rings. The molecular weight excluding hydrogens is 595 g/mol. The normalized spacial score (nSPS) is 18.5. The zero-order valence-corrected chi connectivity index (χ0v) is 22.5. The summed E-state index contributed by atoms with van der Waals surface area (Å²) in [5.74, 6) is -9.98. The Morgan fingerprint density at radius 2 is 1.77 bits per heavy atom. The predicted molar refractivity (Wildman–Crippen MR) is 141 cm³/mol. The quantitative estimate of drug-likeness (QED) is 0.235. The molecule has 2 aliphatic rings. The standard InChI is InChI=1S/C30H22F7N5O2/c31-15-6-13(7-16(32)10-15)8-22(25-17(2-1-5-39-25)14-3-4-21(33)19(9-14)29(38)44)40-23(43)12-42-27-24(26(41-42)28(34)35)18-11-20(18)30(27,36)37/h1-7,9-10,18,20,22,28H,8,11-12H2,(H2,38,44)(H,40,43)/t18-,20+,22-/m0/s1. The van der Waals surface area contributed by atoms with Gasteiger partial charge in [0.1, 0.15) is 35.4 Å². The number of benzene rings is 2. The van der Waals surface area contributed by atoms with Crippen LogP contribution in [0.4, 0.5) is 30.7 Å². The van der Waals surface area contributed by atoms with Crippen molar-refractivity contribution in [3.63, 3.8) is 0 Å². The summed E-state index contributed by atoms with van der Waals surface area (Å²) >= 11 is 0. The van der Waals surface area contributed by atoms with Gasteiger partial charge in [-0.1, -0.05) is 12.1 Å². The predicted octanol–water partition coefficient (Wildman–Crippen LogP) is 5.71. The van der Waals surface area contributed by atoms with E-state index in [2.05, 4.69) is 15.4 Å². The van der Waals surface area contributed by atoms with Crippen molar-refractivity contribution in [2.45, 2.75) is 43.7 Å². The molecule has 3 N–H and O–H groups in total. The first-order chi connectivity index (χ1) is 20.8. The lowest BCUT2D eigenvalue weighted by Crippen LogP contribution is -2.35. The summed E-state index contributed by atoms with van der Waals surface area (Å²) in [6.07, 6.45) is -1.98. The summed E-state index contributed by atoms with van der Waals surface area (Å²) < 4.78 is 100. The second kappa shape index (κ2) is 10.8. The van der Waals surface area contributed by atoms with E-state index >= 15 is 8.78 Å². The number of nitrogens with zero attached hydrogens (tertiary/aromatic N) is 3. The third kappa shape index (κ3) is 5.18. The first-order valence-corrected chi connectivity index (χ1v) is 13.4.